The molecule has 0 spiro atoms. The van der Waals surface area contributed by atoms with E-state index in [4.69, 9.17) is 22.4 Å². The molecule has 6 heteroatoms. The summed E-state index contributed by atoms with van der Waals surface area (Å²) in [6.45, 7) is 3.99. The van der Waals surface area contributed by atoms with Crippen LogP contribution in [0.3, 0.4) is 0 Å². The summed E-state index contributed by atoms with van der Waals surface area (Å²) in [5.41, 5.74) is 6.76. The van der Waals surface area contributed by atoms with Gasteiger partial charge < -0.3 is 15.6 Å². The third-order valence-corrected chi connectivity index (χ3v) is 2.39. The molecule has 0 heterocycles. The number of rotatable bonds is 4. The number of ether oxygens (including phenoxy) is 1. The van der Waals surface area contributed by atoms with Gasteiger partial charge in [0.25, 0.3) is 0 Å². The van der Waals surface area contributed by atoms with E-state index in [1.54, 1.807) is 6.92 Å². The normalized spacial score (nSPS) is 10.9. The van der Waals surface area contributed by atoms with Gasteiger partial charge in [-0.05, 0) is 31.4 Å². The maximum Gasteiger partial charge on any atom is 0.403 e. The van der Waals surface area contributed by atoms with Crippen LogP contribution in [0.2, 0.25) is 0 Å². The molecule has 0 fully saturated rings. The van der Waals surface area contributed by atoms with E-state index in [1.807, 2.05) is 31.2 Å². The minimum Gasteiger partial charge on any atom is -0.480 e. The standard InChI is InChI=1S/C10H13NO2.C3H5ClO2/c1-7-4-2-3-5-8(7)6-9(11)10(12)13;1-2-6-3(4)5/h2-5,9H,6,11H2,1H3,(H,12,13);2H2,1H3/t9-;/m0./s1. The van der Waals surface area contributed by atoms with Crippen molar-refractivity contribution in [1.82, 2.24) is 0 Å². The van der Waals surface area contributed by atoms with Crippen LogP contribution in [0.15, 0.2) is 24.3 Å². The zero-order valence-electron chi connectivity index (χ0n) is 10.9. The van der Waals surface area contributed by atoms with Crippen LogP contribution in [-0.2, 0) is 16.0 Å². The van der Waals surface area contributed by atoms with Gasteiger partial charge in [0.05, 0.1) is 6.61 Å². The second-order valence-electron chi connectivity index (χ2n) is 3.75. The lowest BCUT2D eigenvalue weighted by Crippen LogP contribution is -2.32. The highest BCUT2D eigenvalue weighted by molar-refractivity contribution is 6.61. The van der Waals surface area contributed by atoms with Crippen LogP contribution in [0.25, 0.3) is 0 Å². The Kier molecular flexibility index (Phi) is 8.57. The number of carbonyl (C=O) groups excluding carboxylic acids is 1. The van der Waals surface area contributed by atoms with Crippen LogP contribution in [0, 0.1) is 6.92 Å². The third kappa shape index (κ3) is 8.18. The molecule has 1 aromatic rings. The third-order valence-electron chi connectivity index (χ3n) is 2.28. The number of halogens is 1. The Morgan fingerprint density at radius 1 is 1.42 bits per heavy atom. The van der Waals surface area contributed by atoms with Gasteiger partial charge in [0.15, 0.2) is 0 Å². The molecule has 0 aliphatic carbocycles. The maximum atomic E-state index is 10.5. The summed E-state index contributed by atoms with van der Waals surface area (Å²) in [6.07, 6.45) is 0.391. The molecular weight excluding hydrogens is 270 g/mol. The minimum atomic E-state index is -0.955. The van der Waals surface area contributed by atoms with Gasteiger partial charge in [-0.2, -0.15) is 0 Å². The Bertz CT molecular complexity index is 423. The lowest BCUT2D eigenvalue weighted by Gasteiger charge is -2.08. The second-order valence-corrected chi connectivity index (χ2v) is 4.05. The van der Waals surface area contributed by atoms with Gasteiger partial charge >= 0.3 is 11.4 Å². The van der Waals surface area contributed by atoms with E-state index in [2.05, 4.69) is 4.74 Å². The molecule has 0 amide bonds. The molecule has 3 N–H and O–H groups in total. The summed E-state index contributed by atoms with van der Waals surface area (Å²) in [5.74, 6) is -0.955. The number of carboxylic acids is 1. The predicted octanol–water partition coefficient (Wildman–Crippen LogP) is 2.33. The number of benzene rings is 1. The molecule has 1 aromatic carbocycles. The first-order valence-electron chi connectivity index (χ1n) is 5.73. The van der Waals surface area contributed by atoms with E-state index in [0.29, 0.717) is 13.0 Å². The van der Waals surface area contributed by atoms with Gasteiger partial charge in [-0.25, -0.2) is 4.79 Å². The van der Waals surface area contributed by atoms with Crippen LogP contribution < -0.4 is 5.73 Å². The molecule has 0 radical (unpaired) electrons. The van der Waals surface area contributed by atoms with E-state index >= 15 is 0 Å². The first-order chi connectivity index (χ1) is 8.88. The molecule has 1 atom stereocenters. The predicted molar refractivity (Wildman–Crippen MR) is 73.4 cm³/mol. The highest BCUT2D eigenvalue weighted by Crippen LogP contribution is 2.08. The number of hydrogen-bond donors (Lipinski definition) is 2. The van der Waals surface area contributed by atoms with Crippen LogP contribution in [0.1, 0.15) is 18.1 Å². The number of aryl methyl sites for hydroxylation is 1. The van der Waals surface area contributed by atoms with Crippen molar-refractivity contribution in [3.8, 4) is 0 Å². The molecule has 0 saturated heterocycles. The fraction of sp³-hybridized carbons (Fsp3) is 0.385. The summed E-state index contributed by atoms with van der Waals surface area (Å²) in [6, 6.07) is 6.85. The second kappa shape index (κ2) is 9.35. The summed E-state index contributed by atoms with van der Waals surface area (Å²) in [5, 5.41) is 8.61. The van der Waals surface area contributed by atoms with Crippen molar-refractivity contribution in [2.24, 2.45) is 5.73 Å². The largest absolute Gasteiger partial charge is 0.480 e. The SMILES string of the molecule is CCOC(=O)Cl.Cc1ccccc1C[C@H](N)C(=O)O. The highest BCUT2D eigenvalue weighted by atomic mass is 35.5. The zero-order chi connectivity index (χ0) is 14.8. The molecule has 0 bridgehead atoms. The van der Waals surface area contributed by atoms with Crippen molar-refractivity contribution in [1.29, 1.82) is 0 Å². The van der Waals surface area contributed by atoms with Crippen LogP contribution in [0.4, 0.5) is 4.79 Å². The molecule has 0 aromatic heterocycles. The molecule has 5 nitrogen and oxygen atoms in total. The lowest BCUT2D eigenvalue weighted by molar-refractivity contribution is -0.138. The summed E-state index contributed by atoms with van der Waals surface area (Å²) >= 11 is 4.72. The highest BCUT2D eigenvalue weighted by Gasteiger charge is 2.12. The van der Waals surface area contributed by atoms with Gasteiger partial charge in [0.1, 0.15) is 6.04 Å². The molecule has 0 saturated carbocycles. The van der Waals surface area contributed by atoms with E-state index in [0.717, 1.165) is 11.1 Å². The van der Waals surface area contributed by atoms with Crippen LogP contribution in [0.5, 0.6) is 0 Å². The molecule has 0 aliphatic heterocycles. The van der Waals surface area contributed by atoms with Gasteiger partial charge in [-0.15, -0.1) is 0 Å². The monoisotopic (exact) mass is 287 g/mol. The van der Waals surface area contributed by atoms with E-state index in [1.165, 1.54) is 0 Å². The number of carbonyl (C=O) groups is 2. The Hall–Kier alpha value is -1.59. The van der Waals surface area contributed by atoms with Gasteiger partial charge in [-0.3, -0.25) is 4.79 Å². The van der Waals surface area contributed by atoms with Crippen LogP contribution in [-0.4, -0.2) is 29.2 Å². The van der Waals surface area contributed by atoms with Gasteiger partial charge in [-0.1, -0.05) is 24.3 Å². The van der Waals surface area contributed by atoms with Gasteiger partial charge in [0, 0.05) is 11.6 Å². The number of carboxylic acid groups (broad SMARTS) is 1. The van der Waals surface area contributed by atoms with Crippen molar-refractivity contribution in [2.75, 3.05) is 6.61 Å². The van der Waals surface area contributed by atoms with Crippen LogP contribution >= 0.6 is 11.6 Å². The molecule has 1 rings (SSSR count). The molecular formula is C13H18ClNO4. The maximum absolute atomic E-state index is 10.5. The number of hydrogen-bond acceptors (Lipinski definition) is 4. The van der Waals surface area contributed by atoms with Crippen molar-refractivity contribution >= 4 is 23.0 Å². The Balaban J connectivity index is 0.000000459. The van der Waals surface area contributed by atoms with E-state index in [-0.39, 0.29) is 0 Å². The Labute approximate surface area is 117 Å². The summed E-state index contributed by atoms with van der Waals surface area (Å²) in [7, 11) is 0. The fourth-order valence-electron chi connectivity index (χ4n) is 1.28. The number of aliphatic carboxylic acids is 1. The minimum absolute atomic E-state index is 0.350. The molecule has 0 aliphatic rings. The Morgan fingerprint density at radius 3 is 2.37 bits per heavy atom. The average Bonchev–Trinajstić information content (AvgIpc) is 2.32. The van der Waals surface area contributed by atoms with Crippen molar-refractivity contribution in [3.63, 3.8) is 0 Å². The molecule has 19 heavy (non-hydrogen) atoms. The average molecular weight is 288 g/mol. The topological polar surface area (TPSA) is 89.6 Å². The summed E-state index contributed by atoms with van der Waals surface area (Å²) in [4.78, 5) is 20.1. The van der Waals surface area contributed by atoms with Crippen molar-refractivity contribution in [3.05, 3.63) is 35.4 Å². The number of nitrogens with two attached hydrogens (primary N) is 1. The van der Waals surface area contributed by atoms with E-state index < -0.39 is 17.4 Å². The molecule has 106 valence electrons. The van der Waals surface area contributed by atoms with Crippen molar-refractivity contribution in [2.45, 2.75) is 26.3 Å². The first-order valence-corrected chi connectivity index (χ1v) is 6.11. The zero-order valence-corrected chi connectivity index (χ0v) is 11.7. The fourth-order valence-corrected chi connectivity index (χ4v) is 1.39. The smallest absolute Gasteiger partial charge is 0.403 e. The first kappa shape index (κ1) is 17.4. The molecule has 0 unspecified atom stereocenters. The lowest BCUT2D eigenvalue weighted by atomic mass is 10.0. The van der Waals surface area contributed by atoms with Gasteiger partial charge in [0.2, 0.25) is 0 Å². The van der Waals surface area contributed by atoms with Crippen molar-refractivity contribution < 1.29 is 19.4 Å². The van der Waals surface area contributed by atoms with E-state index in [9.17, 15) is 9.59 Å². The Morgan fingerprint density at radius 2 is 2.00 bits per heavy atom. The quantitative estimate of drug-likeness (QED) is 0.830. The summed E-state index contributed by atoms with van der Waals surface area (Å²) < 4.78 is 4.17.